The van der Waals surface area contributed by atoms with Crippen molar-refractivity contribution in [3.8, 4) is 0 Å². The molecular formula is C8H5NOS. The van der Waals surface area contributed by atoms with Crippen molar-refractivity contribution in [2.75, 3.05) is 0 Å². The van der Waals surface area contributed by atoms with E-state index in [2.05, 4.69) is 0 Å². The van der Waals surface area contributed by atoms with Crippen LogP contribution in [0.1, 0.15) is 10.4 Å². The number of Topliss-reactive ketones (excluding diaryl/α,β-unsaturated/α-hetero) is 1. The molecule has 1 aromatic carbocycles. The summed E-state index contributed by atoms with van der Waals surface area (Å²) >= 11 is 1.23. The first-order valence-electron chi connectivity index (χ1n) is 3.19. The van der Waals surface area contributed by atoms with Crippen LogP contribution in [0.4, 0.5) is 0 Å². The Morgan fingerprint density at radius 2 is 2.00 bits per heavy atom. The van der Waals surface area contributed by atoms with Gasteiger partial charge >= 0.3 is 0 Å². The highest BCUT2D eigenvalue weighted by molar-refractivity contribution is 8.16. The number of benzene rings is 1. The average Bonchev–Trinajstić information content (AvgIpc) is 2.30. The molecule has 0 fully saturated rings. The summed E-state index contributed by atoms with van der Waals surface area (Å²) in [5, 5.41) is 7.38. The SMILES string of the molecule is N=C1Sc2ccccc2C1=O. The van der Waals surface area contributed by atoms with Crippen molar-refractivity contribution in [2.24, 2.45) is 0 Å². The van der Waals surface area contributed by atoms with Crippen molar-refractivity contribution in [3.05, 3.63) is 29.8 Å². The number of carbonyl (C=O) groups excluding carboxylic acids is 1. The number of carbonyl (C=O) groups is 1. The van der Waals surface area contributed by atoms with Gasteiger partial charge in [0.1, 0.15) is 5.04 Å². The zero-order valence-electron chi connectivity index (χ0n) is 5.63. The lowest BCUT2D eigenvalue weighted by Crippen LogP contribution is -2.00. The van der Waals surface area contributed by atoms with Crippen LogP contribution in [0, 0.1) is 5.41 Å². The second kappa shape index (κ2) is 2.20. The molecule has 1 N–H and O–H groups in total. The van der Waals surface area contributed by atoms with Crippen LogP contribution < -0.4 is 0 Å². The fraction of sp³-hybridized carbons (Fsp3) is 0. The van der Waals surface area contributed by atoms with Crippen molar-refractivity contribution in [1.29, 1.82) is 5.41 Å². The molecule has 0 aromatic heterocycles. The third-order valence-corrected chi connectivity index (χ3v) is 2.52. The van der Waals surface area contributed by atoms with E-state index in [1.807, 2.05) is 18.2 Å². The number of nitrogens with one attached hydrogen (secondary N) is 1. The van der Waals surface area contributed by atoms with Gasteiger partial charge in [-0.3, -0.25) is 10.2 Å². The minimum atomic E-state index is -0.148. The summed E-state index contributed by atoms with van der Waals surface area (Å²) in [5.74, 6) is -0.148. The number of ketones is 1. The van der Waals surface area contributed by atoms with E-state index in [4.69, 9.17) is 5.41 Å². The number of thioether (sulfide) groups is 1. The molecule has 1 aliphatic rings. The quantitative estimate of drug-likeness (QED) is 0.635. The Hall–Kier alpha value is -1.09. The summed E-state index contributed by atoms with van der Waals surface area (Å²) in [5.41, 5.74) is 0.669. The topological polar surface area (TPSA) is 40.9 Å². The largest absolute Gasteiger partial charge is 0.290 e. The molecule has 54 valence electrons. The van der Waals surface area contributed by atoms with E-state index in [-0.39, 0.29) is 10.8 Å². The Labute approximate surface area is 68.1 Å². The monoisotopic (exact) mass is 163 g/mol. The molecule has 0 aliphatic carbocycles. The van der Waals surface area contributed by atoms with Crippen molar-refractivity contribution >= 4 is 22.6 Å². The van der Waals surface area contributed by atoms with Crippen LogP contribution >= 0.6 is 11.8 Å². The highest BCUT2D eigenvalue weighted by atomic mass is 32.2. The molecule has 1 heterocycles. The Bertz CT molecular complexity index is 346. The van der Waals surface area contributed by atoms with E-state index >= 15 is 0 Å². The van der Waals surface area contributed by atoms with Crippen LogP contribution in [0.25, 0.3) is 0 Å². The molecule has 0 radical (unpaired) electrons. The molecule has 0 saturated heterocycles. The van der Waals surface area contributed by atoms with Gasteiger partial charge in [0.15, 0.2) is 0 Å². The van der Waals surface area contributed by atoms with Gasteiger partial charge < -0.3 is 0 Å². The second-order valence-corrected chi connectivity index (χ2v) is 3.31. The van der Waals surface area contributed by atoms with Gasteiger partial charge in [0.05, 0.1) is 0 Å². The standard InChI is InChI=1S/C8H5NOS/c9-8-7(10)5-3-1-2-4-6(5)11-8/h1-4,9H. The fourth-order valence-electron chi connectivity index (χ4n) is 1.02. The number of hydrogen-bond donors (Lipinski definition) is 1. The van der Waals surface area contributed by atoms with Gasteiger partial charge in [-0.25, -0.2) is 0 Å². The third kappa shape index (κ3) is 0.886. The Kier molecular flexibility index (Phi) is 1.32. The van der Waals surface area contributed by atoms with Gasteiger partial charge in [-0.15, -0.1) is 0 Å². The van der Waals surface area contributed by atoms with E-state index in [0.29, 0.717) is 5.56 Å². The Morgan fingerprint density at radius 1 is 1.27 bits per heavy atom. The molecule has 1 aromatic rings. The zero-order valence-corrected chi connectivity index (χ0v) is 6.44. The van der Waals surface area contributed by atoms with Crippen LogP contribution in [0.15, 0.2) is 29.2 Å². The van der Waals surface area contributed by atoms with Crippen molar-refractivity contribution in [3.63, 3.8) is 0 Å². The third-order valence-electron chi connectivity index (χ3n) is 1.55. The summed E-state index contributed by atoms with van der Waals surface area (Å²) in [7, 11) is 0. The smallest absolute Gasteiger partial charge is 0.218 e. The average molecular weight is 163 g/mol. The molecule has 11 heavy (non-hydrogen) atoms. The maximum Gasteiger partial charge on any atom is 0.218 e. The van der Waals surface area contributed by atoms with Crippen LogP contribution in [0.5, 0.6) is 0 Å². The van der Waals surface area contributed by atoms with Crippen LogP contribution in [-0.4, -0.2) is 10.8 Å². The lowest BCUT2D eigenvalue weighted by molar-refractivity contribution is 0.106. The van der Waals surface area contributed by atoms with Gasteiger partial charge in [-0.2, -0.15) is 0 Å². The predicted molar refractivity (Wildman–Crippen MR) is 44.4 cm³/mol. The van der Waals surface area contributed by atoms with Crippen molar-refractivity contribution < 1.29 is 4.79 Å². The second-order valence-electron chi connectivity index (χ2n) is 2.26. The molecule has 0 bridgehead atoms. The molecule has 2 rings (SSSR count). The molecule has 0 spiro atoms. The first kappa shape index (κ1) is 6.61. The molecule has 0 unspecified atom stereocenters. The molecule has 0 amide bonds. The van der Waals surface area contributed by atoms with E-state index < -0.39 is 0 Å². The lowest BCUT2D eigenvalue weighted by Gasteiger charge is -1.89. The lowest BCUT2D eigenvalue weighted by atomic mass is 10.1. The number of rotatable bonds is 0. The highest BCUT2D eigenvalue weighted by Gasteiger charge is 2.24. The molecule has 0 saturated carbocycles. The summed E-state index contributed by atoms with van der Waals surface area (Å²) < 4.78 is 0. The van der Waals surface area contributed by atoms with Crippen molar-refractivity contribution in [2.45, 2.75) is 4.90 Å². The Balaban J connectivity index is 2.64. The van der Waals surface area contributed by atoms with Crippen molar-refractivity contribution in [1.82, 2.24) is 0 Å². The van der Waals surface area contributed by atoms with Gasteiger partial charge in [0.25, 0.3) is 0 Å². The maximum atomic E-state index is 11.2. The summed E-state index contributed by atoms with van der Waals surface area (Å²) in [6, 6.07) is 7.30. The van der Waals surface area contributed by atoms with Gasteiger partial charge in [-0.05, 0) is 12.1 Å². The fourth-order valence-corrected chi connectivity index (χ4v) is 1.86. The molecule has 1 aliphatic heterocycles. The molecular weight excluding hydrogens is 158 g/mol. The number of fused-ring (bicyclic) bond motifs is 1. The summed E-state index contributed by atoms with van der Waals surface area (Å²) in [4.78, 5) is 12.1. The first-order valence-corrected chi connectivity index (χ1v) is 4.01. The van der Waals surface area contributed by atoms with Gasteiger partial charge in [0.2, 0.25) is 5.78 Å². The minimum Gasteiger partial charge on any atom is -0.290 e. The Morgan fingerprint density at radius 3 is 2.73 bits per heavy atom. The summed E-state index contributed by atoms with van der Waals surface area (Å²) in [6.45, 7) is 0. The molecule has 3 heteroatoms. The normalized spacial score (nSPS) is 15.3. The molecule has 2 nitrogen and oxygen atoms in total. The van der Waals surface area contributed by atoms with E-state index in [9.17, 15) is 4.79 Å². The van der Waals surface area contributed by atoms with Crippen LogP contribution in [0.2, 0.25) is 0 Å². The van der Waals surface area contributed by atoms with Crippen LogP contribution in [-0.2, 0) is 0 Å². The van der Waals surface area contributed by atoms with Gasteiger partial charge in [-0.1, -0.05) is 23.9 Å². The predicted octanol–water partition coefficient (Wildman–Crippen LogP) is 1.95. The maximum absolute atomic E-state index is 11.2. The number of hydrogen-bond acceptors (Lipinski definition) is 3. The van der Waals surface area contributed by atoms with E-state index in [1.54, 1.807) is 6.07 Å². The highest BCUT2D eigenvalue weighted by Crippen LogP contribution is 2.31. The minimum absolute atomic E-state index is 0.131. The summed E-state index contributed by atoms with van der Waals surface area (Å²) in [6.07, 6.45) is 0. The van der Waals surface area contributed by atoms with Gasteiger partial charge in [0, 0.05) is 10.5 Å². The molecule has 0 atom stereocenters. The van der Waals surface area contributed by atoms with E-state index in [1.165, 1.54) is 11.8 Å². The van der Waals surface area contributed by atoms with Crippen LogP contribution in [0.3, 0.4) is 0 Å². The first-order chi connectivity index (χ1) is 5.29. The zero-order chi connectivity index (χ0) is 7.84. The van der Waals surface area contributed by atoms with E-state index in [0.717, 1.165) is 4.90 Å².